The van der Waals surface area contributed by atoms with Crippen LogP contribution in [-0.2, 0) is 4.79 Å². The molecule has 1 amide bonds. The normalized spacial score (nSPS) is 10.8. The summed E-state index contributed by atoms with van der Waals surface area (Å²) < 4.78 is 5.34. The SMILES string of the molecule is Cc1cc(OCC(=O)N/N=C/c2c(C)cc(O)cc2O)ccc1Cl. The van der Waals surface area contributed by atoms with Crippen molar-refractivity contribution in [2.45, 2.75) is 13.8 Å². The summed E-state index contributed by atoms with van der Waals surface area (Å²) in [5.41, 5.74) is 4.18. The zero-order chi connectivity index (χ0) is 17.7. The highest BCUT2D eigenvalue weighted by Gasteiger charge is 2.06. The van der Waals surface area contributed by atoms with E-state index in [-0.39, 0.29) is 18.1 Å². The fourth-order valence-corrected chi connectivity index (χ4v) is 2.10. The second-order valence-corrected chi connectivity index (χ2v) is 5.60. The summed E-state index contributed by atoms with van der Waals surface area (Å²) >= 11 is 5.92. The lowest BCUT2D eigenvalue weighted by Gasteiger charge is -2.07. The fraction of sp³-hybridized carbons (Fsp3) is 0.176. The van der Waals surface area contributed by atoms with Gasteiger partial charge >= 0.3 is 0 Å². The molecule has 0 aliphatic carbocycles. The first kappa shape index (κ1) is 17.6. The highest BCUT2D eigenvalue weighted by atomic mass is 35.5. The number of hydrogen-bond acceptors (Lipinski definition) is 5. The van der Waals surface area contributed by atoms with Gasteiger partial charge in [0.2, 0.25) is 0 Å². The van der Waals surface area contributed by atoms with E-state index in [0.29, 0.717) is 21.9 Å². The number of carbonyl (C=O) groups excluding carboxylic acids is 1. The summed E-state index contributed by atoms with van der Waals surface area (Å²) in [6, 6.07) is 7.77. The molecule has 0 radical (unpaired) electrons. The number of amides is 1. The second kappa shape index (κ2) is 7.70. The lowest BCUT2D eigenvalue weighted by molar-refractivity contribution is -0.123. The van der Waals surface area contributed by atoms with E-state index in [9.17, 15) is 15.0 Å². The Kier molecular flexibility index (Phi) is 5.65. The lowest BCUT2D eigenvalue weighted by Crippen LogP contribution is -2.24. The summed E-state index contributed by atoms with van der Waals surface area (Å²) in [5, 5.41) is 23.5. The van der Waals surface area contributed by atoms with E-state index in [1.165, 1.54) is 18.3 Å². The van der Waals surface area contributed by atoms with Crippen LogP contribution in [0.3, 0.4) is 0 Å². The Morgan fingerprint density at radius 1 is 1.25 bits per heavy atom. The third-order valence-corrected chi connectivity index (χ3v) is 3.66. The quantitative estimate of drug-likeness (QED) is 0.572. The maximum atomic E-state index is 11.7. The van der Waals surface area contributed by atoms with Crippen molar-refractivity contribution in [3.63, 3.8) is 0 Å². The van der Waals surface area contributed by atoms with E-state index in [1.54, 1.807) is 25.1 Å². The first-order chi connectivity index (χ1) is 11.4. The average molecular weight is 349 g/mol. The van der Waals surface area contributed by atoms with Crippen LogP contribution < -0.4 is 10.2 Å². The maximum Gasteiger partial charge on any atom is 0.277 e. The zero-order valence-corrected chi connectivity index (χ0v) is 14.0. The third-order valence-electron chi connectivity index (χ3n) is 3.23. The molecule has 0 spiro atoms. The van der Waals surface area contributed by atoms with Crippen LogP contribution in [-0.4, -0.2) is 28.9 Å². The zero-order valence-electron chi connectivity index (χ0n) is 13.2. The van der Waals surface area contributed by atoms with Crippen LogP contribution in [0.1, 0.15) is 16.7 Å². The van der Waals surface area contributed by atoms with Gasteiger partial charge in [-0.15, -0.1) is 0 Å². The Bertz CT molecular complexity index is 767. The summed E-state index contributed by atoms with van der Waals surface area (Å²) in [5.74, 6) is -0.0888. The molecular weight excluding hydrogens is 332 g/mol. The van der Waals surface area contributed by atoms with Crippen LogP contribution in [0.5, 0.6) is 17.2 Å². The molecule has 0 aliphatic rings. The minimum absolute atomic E-state index is 0.0437. The van der Waals surface area contributed by atoms with Gasteiger partial charge in [0, 0.05) is 16.7 Å². The predicted molar refractivity (Wildman–Crippen MR) is 91.9 cm³/mol. The van der Waals surface area contributed by atoms with Crippen molar-refractivity contribution >= 4 is 23.7 Å². The van der Waals surface area contributed by atoms with Gasteiger partial charge in [0.25, 0.3) is 5.91 Å². The number of aromatic hydroxyl groups is 2. The molecule has 7 heteroatoms. The molecule has 2 aromatic carbocycles. The Balaban J connectivity index is 1.90. The monoisotopic (exact) mass is 348 g/mol. The Labute approximate surface area is 144 Å². The summed E-state index contributed by atoms with van der Waals surface area (Å²) in [7, 11) is 0. The highest BCUT2D eigenvalue weighted by Crippen LogP contribution is 2.25. The molecule has 24 heavy (non-hydrogen) atoms. The number of phenolic OH excluding ortho intramolecular Hbond substituents is 2. The van der Waals surface area contributed by atoms with Crippen LogP contribution in [0, 0.1) is 13.8 Å². The van der Waals surface area contributed by atoms with Gasteiger partial charge in [0.1, 0.15) is 17.2 Å². The lowest BCUT2D eigenvalue weighted by atomic mass is 10.1. The van der Waals surface area contributed by atoms with Crippen LogP contribution in [0.25, 0.3) is 0 Å². The first-order valence-corrected chi connectivity index (χ1v) is 7.48. The van der Waals surface area contributed by atoms with Crippen LogP contribution in [0.15, 0.2) is 35.4 Å². The number of hydrazone groups is 1. The summed E-state index contributed by atoms with van der Waals surface area (Å²) in [6.07, 6.45) is 1.30. The van der Waals surface area contributed by atoms with Crippen LogP contribution >= 0.6 is 11.6 Å². The van der Waals surface area contributed by atoms with Gasteiger partial charge < -0.3 is 14.9 Å². The van der Waals surface area contributed by atoms with E-state index < -0.39 is 5.91 Å². The topological polar surface area (TPSA) is 91.2 Å². The minimum Gasteiger partial charge on any atom is -0.508 e. The van der Waals surface area contributed by atoms with Gasteiger partial charge in [-0.1, -0.05) is 11.6 Å². The van der Waals surface area contributed by atoms with Gasteiger partial charge in [-0.2, -0.15) is 5.10 Å². The average Bonchev–Trinajstić information content (AvgIpc) is 2.51. The number of phenols is 2. The Morgan fingerprint density at radius 2 is 2.00 bits per heavy atom. The molecule has 3 N–H and O–H groups in total. The van der Waals surface area contributed by atoms with Crippen molar-refractivity contribution < 1.29 is 19.7 Å². The number of nitrogens with zero attached hydrogens (tertiary/aromatic N) is 1. The molecule has 0 atom stereocenters. The molecular formula is C17H17ClN2O4. The van der Waals surface area contributed by atoms with Crippen molar-refractivity contribution in [2.75, 3.05) is 6.61 Å². The van der Waals surface area contributed by atoms with Gasteiger partial charge in [0.15, 0.2) is 6.61 Å². The third kappa shape index (κ3) is 4.63. The van der Waals surface area contributed by atoms with E-state index in [2.05, 4.69) is 10.5 Å². The fourth-order valence-electron chi connectivity index (χ4n) is 1.99. The van der Waals surface area contributed by atoms with Gasteiger partial charge in [-0.3, -0.25) is 4.79 Å². The molecule has 0 unspecified atom stereocenters. The number of benzene rings is 2. The van der Waals surface area contributed by atoms with E-state index >= 15 is 0 Å². The molecule has 0 fully saturated rings. The number of ether oxygens (including phenoxy) is 1. The number of nitrogens with one attached hydrogen (secondary N) is 1. The van der Waals surface area contributed by atoms with Gasteiger partial charge in [-0.05, 0) is 49.2 Å². The molecule has 0 saturated heterocycles. The molecule has 0 heterocycles. The van der Waals surface area contributed by atoms with Crippen molar-refractivity contribution in [3.8, 4) is 17.2 Å². The van der Waals surface area contributed by atoms with Crippen molar-refractivity contribution in [1.29, 1.82) is 0 Å². The molecule has 2 rings (SSSR count). The van der Waals surface area contributed by atoms with Crippen molar-refractivity contribution in [1.82, 2.24) is 5.43 Å². The van der Waals surface area contributed by atoms with Crippen molar-refractivity contribution in [2.24, 2.45) is 5.10 Å². The van der Waals surface area contributed by atoms with E-state index in [4.69, 9.17) is 16.3 Å². The molecule has 2 aromatic rings. The predicted octanol–water partition coefficient (Wildman–Crippen LogP) is 2.90. The number of hydrogen-bond donors (Lipinski definition) is 3. The molecule has 0 saturated carbocycles. The van der Waals surface area contributed by atoms with E-state index in [1.807, 2.05) is 6.92 Å². The Morgan fingerprint density at radius 3 is 2.67 bits per heavy atom. The first-order valence-electron chi connectivity index (χ1n) is 7.10. The second-order valence-electron chi connectivity index (χ2n) is 5.19. The van der Waals surface area contributed by atoms with Gasteiger partial charge in [0.05, 0.1) is 6.21 Å². The molecule has 6 nitrogen and oxygen atoms in total. The molecule has 0 aliphatic heterocycles. The molecule has 0 aromatic heterocycles. The largest absolute Gasteiger partial charge is 0.508 e. The Hall–Kier alpha value is -2.73. The van der Waals surface area contributed by atoms with Gasteiger partial charge in [-0.25, -0.2) is 5.43 Å². The standard InChI is InChI=1S/C17H17ClN2O4/c1-10-5-12(21)7-16(22)14(10)8-19-20-17(23)9-24-13-3-4-15(18)11(2)6-13/h3-8,21-22H,9H2,1-2H3,(H,20,23)/b19-8+. The number of aryl methyl sites for hydroxylation is 2. The smallest absolute Gasteiger partial charge is 0.277 e. The number of carbonyl (C=O) groups is 1. The maximum absolute atomic E-state index is 11.7. The molecule has 0 bridgehead atoms. The minimum atomic E-state index is -0.449. The van der Waals surface area contributed by atoms with Crippen molar-refractivity contribution in [3.05, 3.63) is 52.0 Å². The summed E-state index contributed by atoms with van der Waals surface area (Å²) in [6.45, 7) is 3.33. The van der Waals surface area contributed by atoms with Crippen LogP contribution in [0.4, 0.5) is 0 Å². The summed E-state index contributed by atoms with van der Waals surface area (Å²) in [4.78, 5) is 11.7. The van der Waals surface area contributed by atoms with E-state index in [0.717, 1.165) is 5.56 Å². The number of rotatable bonds is 5. The number of halogens is 1. The molecule has 126 valence electrons. The highest BCUT2D eigenvalue weighted by molar-refractivity contribution is 6.31. The van der Waals surface area contributed by atoms with Crippen LogP contribution in [0.2, 0.25) is 5.02 Å².